The Hall–Kier alpha value is -1.38. The summed E-state index contributed by atoms with van der Waals surface area (Å²) in [7, 11) is 0. The second-order valence-corrected chi connectivity index (χ2v) is 5.51. The van der Waals surface area contributed by atoms with Crippen molar-refractivity contribution in [2.75, 3.05) is 6.61 Å². The van der Waals surface area contributed by atoms with Gasteiger partial charge in [0.2, 0.25) is 0 Å². The van der Waals surface area contributed by atoms with Crippen molar-refractivity contribution in [2.45, 2.75) is 59.8 Å². The Labute approximate surface area is 123 Å². The van der Waals surface area contributed by atoms with Crippen LogP contribution in [0.15, 0.2) is 23.8 Å². The number of hydrogen-bond acceptors (Lipinski definition) is 3. The van der Waals surface area contributed by atoms with Gasteiger partial charge < -0.3 is 4.74 Å². The minimum atomic E-state index is -0.260. The average Bonchev–Trinajstić information content (AvgIpc) is 2.37. The highest BCUT2D eigenvalue weighted by atomic mass is 16.5. The monoisotopic (exact) mass is 280 g/mol. The molecule has 20 heavy (non-hydrogen) atoms. The van der Waals surface area contributed by atoms with E-state index in [-0.39, 0.29) is 17.7 Å². The van der Waals surface area contributed by atoms with Gasteiger partial charge in [-0.05, 0) is 39.0 Å². The first kappa shape index (κ1) is 18.6. The molecule has 0 fully saturated rings. The maximum Gasteiger partial charge on any atom is 0.302 e. The smallest absolute Gasteiger partial charge is 0.302 e. The van der Waals surface area contributed by atoms with Gasteiger partial charge in [0.25, 0.3) is 0 Å². The Kier molecular flexibility index (Phi) is 10.7. The number of carbonyl (C=O) groups excluding carboxylic acids is 2. The molecule has 0 saturated heterocycles. The zero-order chi connectivity index (χ0) is 15.4. The van der Waals surface area contributed by atoms with Crippen LogP contribution in [0.25, 0.3) is 0 Å². The third-order valence-corrected chi connectivity index (χ3v) is 2.91. The molecule has 0 amide bonds. The van der Waals surface area contributed by atoms with Crippen LogP contribution in [0.1, 0.15) is 59.8 Å². The van der Waals surface area contributed by atoms with Gasteiger partial charge in [-0.2, -0.15) is 0 Å². The molecule has 0 rings (SSSR count). The summed E-state index contributed by atoms with van der Waals surface area (Å²) in [6, 6.07) is 0. The van der Waals surface area contributed by atoms with E-state index >= 15 is 0 Å². The molecule has 0 aliphatic carbocycles. The zero-order valence-electron chi connectivity index (χ0n) is 13.3. The molecule has 0 radical (unpaired) electrons. The van der Waals surface area contributed by atoms with Crippen LogP contribution in [0.5, 0.6) is 0 Å². The van der Waals surface area contributed by atoms with Crippen LogP contribution in [-0.4, -0.2) is 18.4 Å². The van der Waals surface area contributed by atoms with Crippen molar-refractivity contribution in [1.29, 1.82) is 0 Å². The third-order valence-electron chi connectivity index (χ3n) is 2.91. The summed E-state index contributed by atoms with van der Waals surface area (Å²) in [5.74, 6) is 0.271. The van der Waals surface area contributed by atoms with E-state index in [1.807, 2.05) is 6.92 Å². The fourth-order valence-corrected chi connectivity index (χ4v) is 1.64. The maximum atomic E-state index is 11.7. The highest BCUT2D eigenvalue weighted by Gasteiger charge is 2.07. The van der Waals surface area contributed by atoms with E-state index in [9.17, 15) is 9.59 Å². The number of esters is 1. The summed E-state index contributed by atoms with van der Waals surface area (Å²) in [5.41, 5.74) is 1.31. The van der Waals surface area contributed by atoms with Crippen LogP contribution in [-0.2, 0) is 14.3 Å². The van der Waals surface area contributed by atoms with Crippen molar-refractivity contribution in [3.63, 3.8) is 0 Å². The fraction of sp³-hybridized carbons (Fsp3) is 0.647. The van der Waals surface area contributed by atoms with Crippen molar-refractivity contribution in [3.05, 3.63) is 23.8 Å². The Morgan fingerprint density at radius 3 is 2.40 bits per heavy atom. The lowest BCUT2D eigenvalue weighted by atomic mass is 10.0. The fourth-order valence-electron chi connectivity index (χ4n) is 1.64. The Bertz CT molecular complexity index is 349. The van der Waals surface area contributed by atoms with Crippen molar-refractivity contribution >= 4 is 11.8 Å². The minimum Gasteiger partial charge on any atom is -0.466 e. The number of hydrogen-bond donors (Lipinski definition) is 0. The molecule has 0 aliphatic heterocycles. The molecule has 0 aromatic carbocycles. The van der Waals surface area contributed by atoms with Gasteiger partial charge in [-0.3, -0.25) is 9.59 Å². The van der Waals surface area contributed by atoms with E-state index in [0.29, 0.717) is 19.4 Å². The van der Waals surface area contributed by atoms with E-state index in [2.05, 4.69) is 32.1 Å². The van der Waals surface area contributed by atoms with E-state index in [1.54, 1.807) is 0 Å². The topological polar surface area (TPSA) is 43.4 Å². The third kappa shape index (κ3) is 13.1. The molecule has 0 aromatic heterocycles. The molecule has 0 spiro atoms. The van der Waals surface area contributed by atoms with Crippen LogP contribution in [0.4, 0.5) is 0 Å². The minimum absolute atomic E-state index is 0.246. The summed E-state index contributed by atoms with van der Waals surface area (Å²) >= 11 is 0. The average molecular weight is 280 g/mol. The van der Waals surface area contributed by atoms with E-state index in [1.165, 1.54) is 12.5 Å². The zero-order valence-corrected chi connectivity index (χ0v) is 13.3. The number of carbonyl (C=O) groups is 2. The Morgan fingerprint density at radius 2 is 1.80 bits per heavy atom. The van der Waals surface area contributed by atoms with E-state index in [4.69, 9.17) is 4.74 Å². The normalized spacial score (nSPS) is 12.2. The van der Waals surface area contributed by atoms with E-state index < -0.39 is 0 Å². The van der Waals surface area contributed by atoms with Crippen LogP contribution in [0, 0.1) is 5.92 Å². The quantitative estimate of drug-likeness (QED) is 0.444. The summed E-state index contributed by atoms with van der Waals surface area (Å²) < 4.78 is 4.91. The lowest BCUT2D eigenvalue weighted by Crippen LogP contribution is -2.11. The summed E-state index contributed by atoms with van der Waals surface area (Å²) in [4.78, 5) is 22.3. The van der Waals surface area contributed by atoms with Gasteiger partial charge in [0.15, 0.2) is 0 Å². The predicted octanol–water partition coefficient (Wildman–Crippen LogP) is 4.23. The molecule has 0 bridgehead atoms. The molecule has 0 heterocycles. The molecule has 1 atom stereocenters. The molecule has 114 valence electrons. The maximum absolute atomic E-state index is 11.7. The number of ether oxygens (including phenoxy) is 1. The first-order chi connectivity index (χ1) is 9.41. The van der Waals surface area contributed by atoms with Crippen LogP contribution in [0.2, 0.25) is 0 Å². The molecule has 0 aliphatic rings. The standard InChI is InChI=1S/C17H28O3/c1-14(2)9-7-5-6-8-10-17(19)12-11-15(3)13-20-16(4)18/h5-6,9,15H,7-8,10-13H2,1-4H3/b6-5+. The predicted molar refractivity (Wildman–Crippen MR) is 82.5 cm³/mol. The molecule has 3 heteroatoms. The lowest BCUT2D eigenvalue weighted by Gasteiger charge is -2.10. The molecule has 0 N–H and O–H groups in total. The first-order valence-corrected chi connectivity index (χ1v) is 7.35. The molecule has 0 aromatic rings. The lowest BCUT2D eigenvalue weighted by molar-refractivity contribution is -0.142. The largest absolute Gasteiger partial charge is 0.466 e. The number of allylic oxidation sites excluding steroid dienone is 4. The number of ketones is 1. The first-order valence-electron chi connectivity index (χ1n) is 7.35. The molecule has 3 nitrogen and oxygen atoms in total. The van der Waals surface area contributed by atoms with Gasteiger partial charge in [-0.25, -0.2) is 0 Å². The SMILES string of the molecule is CC(=O)OCC(C)CCC(=O)CC/C=C/CC=C(C)C. The van der Waals surface area contributed by atoms with Gasteiger partial charge in [0, 0.05) is 19.8 Å². The highest BCUT2D eigenvalue weighted by molar-refractivity contribution is 5.78. The second-order valence-electron chi connectivity index (χ2n) is 5.51. The van der Waals surface area contributed by atoms with Crippen LogP contribution < -0.4 is 0 Å². The summed E-state index contributed by atoms with van der Waals surface area (Å²) in [6.45, 7) is 7.96. The van der Waals surface area contributed by atoms with Crippen molar-refractivity contribution in [2.24, 2.45) is 5.92 Å². The molecule has 0 saturated carbocycles. The van der Waals surface area contributed by atoms with Crippen LogP contribution >= 0.6 is 0 Å². The summed E-state index contributed by atoms with van der Waals surface area (Å²) in [5, 5.41) is 0. The van der Waals surface area contributed by atoms with Crippen molar-refractivity contribution in [1.82, 2.24) is 0 Å². The summed E-state index contributed by atoms with van der Waals surface area (Å²) in [6.07, 6.45) is 10.0. The van der Waals surface area contributed by atoms with Crippen LogP contribution in [0.3, 0.4) is 0 Å². The molecule has 1 unspecified atom stereocenters. The second kappa shape index (κ2) is 11.4. The number of Topliss-reactive ketones (excluding diaryl/α,β-unsaturated/α-hetero) is 1. The Morgan fingerprint density at radius 1 is 1.10 bits per heavy atom. The van der Waals surface area contributed by atoms with Crippen molar-refractivity contribution < 1.29 is 14.3 Å². The highest BCUT2D eigenvalue weighted by Crippen LogP contribution is 2.09. The van der Waals surface area contributed by atoms with Gasteiger partial charge in [-0.1, -0.05) is 30.7 Å². The van der Waals surface area contributed by atoms with Gasteiger partial charge >= 0.3 is 5.97 Å². The van der Waals surface area contributed by atoms with Gasteiger partial charge in [0.1, 0.15) is 5.78 Å². The molecular weight excluding hydrogens is 252 g/mol. The van der Waals surface area contributed by atoms with E-state index in [0.717, 1.165) is 19.3 Å². The van der Waals surface area contributed by atoms with Gasteiger partial charge in [0.05, 0.1) is 6.61 Å². The number of rotatable bonds is 10. The molecular formula is C17H28O3. The van der Waals surface area contributed by atoms with Crippen molar-refractivity contribution in [3.8, 4) is 0 Å². The Balaban J connectivity index is 3.63. The van der Waals surface area contributed by atoms with Gasteiger partial charge in [-0.15, -0.1) is 0 Å².